The topological polar surface area (TPSA) is 70.1 Å². The molecule has 6 nitrogen and oxygen atoms in total. The molecule has 102 valence electrons. The van der Waals surface area contributed by atoms with Crippen LogP contribution in [0.3, 0.4) is 0 Å². The average Bonchev–Trinajstić information content (AvgIpc) is 2.68. The van der Waals surface area contributed by atoms with E-state index in [0.717, 1.165) is 0 Å². The normalized spacial score (nSPS) is 32.7. The molecule has 2 saturated heterocycles. The van der Waals surface area contributed by atoms with E-state index < -0.39 is 12.0 Å². The quantitative estimate of drug-likeness (QED) is 0.741. The van der Waals surface area contributed by atoms with Crippen molar-refractivity contribution in [2.45, 2.75) is 19.9 Å². The van der Waals surface area contributed by atoms with Crippen LogP contribution in [0.25, 0.3) is 0 Å². The first-order valence-electron chi connectivity index (χ1n) is 6.36. The Morgan fingerprint density at radius 2 is 1.83 bits per heavy atom. The number of carboxylic acids is 1. The van der Waals surface area contributed by atoms with E-state index in [1.54, 1.807) is 4.90 Å². The molecule has 0 aromatic carbocycles. The van der Waals surface area contributed by atoms with Crippen molar-refractivity contribution in [1.29, 1.82) is 0 Å². The fraction of sp³-hybridized carbons (Fsp3) is 0.833. The number of urea groups is 1. The number of hydrogen-bond donors (Lipinski definition) is 1. The third-order valence-corrected chi connectivity index (χ3v) is 3.92. The summed E-state index contributed by atoms with van der Waals surface area (Å²) < 4.78 is 5.14. The lowest BCUT2D eigenvalue weighted by molar-refractivity contribution is -0.147. The molecular formula is C12H20N2O4. The standard InChI is InChI=1S/C12H20N2O4/c1-8-5-13(6-9(8)2)12(17)14-3-4-18-7-10(14)11(15)16/h8-10H,3-7H2,1-2H3,(H,15,16). The van der Waals surface area contributed by atoms with Gasteiger partial charge in [0.05, 0.1) is 13.2 Å². The fourth-order valence-electron chi connectivity index (χ4n) is 2.50. The molecule has 2 heterocycles. The molecule has 2 rings (SSSR count). The zero-order chi connectivity index (χ0) is 13.3. The van der Waals surface area contributed by atoms with E-state index in [0.29, 0.717) is 38.1 Å². The molecule has 2 fully saturated rings. The number of aliphatic carboxylic acids is 1. The summed E-state index contributed by atoms with van der Waals surface area (Å²) in [7, 11) is 0. The van der Waals surface area contributed by atoms with Gasteiger partial charge in [-0.25, -0.2) is 9.59 Å². The smallest absolute Gasteiger partial charge is 0.328 e. The maximum absolute atomic E-state index is 12.3. The molecule has 0 aromatic rings. The lowest BCUT2D eigenvalue weighted by atomic mass is 10.0. The second-order valence-corrected chi connectivity index (χ2v) is 5.26. The van der Waals surface area contributed by atoms with Crippen molar-refractivity contribution in [2.75, 3.05) is 32.8 Å². The molecule has 18 heavy (non-hydrogen) atoms. The minimum Gasteiger partial charge on any atom is -0.480 e. The monoisotopic (exact) mass is 256 g/mol. The zero-order valence-corrected chi connectivity index (χ0v) is 10.8. The Balaban J connectivity index is 2.05. The van der Waals surface area contributed by atoms with Crippen LogP contribution in [0.2, 0.25) is 0 Å². The average molecular weight is 256 g/mol. The van der Waals surface area contributed by atoms with Gasteiger partial charge in [0.1, 0.15) is 0 Å². The van der Waals surface area contributed by atoms with Gasteiger partial charge < -0.3 is 19.6 Å². The summed E-state index contributed by atoms with van der Waals surface area (Å²) in [6.07, 6.45) is 0. The second kappa shape index (κ2) is 5.14. The zero-order valence-electron chi connectivity index (χ0n) is 10.8. The van der Waals surface area contributed by atoms with Crippen molar-refractivity contribution in [3.05, 3.63) is 0 Å². The molecule has 0 aromatic heterocycles. The summed E-state index contributed by atoms with van der Waals surface area (Å²) in [5.74, 6) is -0.0557. The Morgan fingerprint density at radius 1 is 1.22 bits per heavy atom. The summed E-state index contributed by atoms with van der Waals surface area (Å²) in [5.41, 5.74) is 0. The van der Waals surface area contributed by atoms with Crippen LogP contribution in [-0.2, 0) is 9.53 Å². The summed E-state index contributed by atoms with van der Waals surface area (Å²) in [6, 6.07) is -1.01. The number of likely N-dealkylation sites (tertiary alicyclic amines) is 1. The summed E-state index contributed by atoms with van der Waals surface area (Å²) in [6.45, 7) is 6.51. The third kappa shape index (κ3) is 2.43. The fourth-order valence-corrected chi connectivity index (χ4v) is 2.50. The molecule has 3 atom stereocenters. The van der Waals surface area contributed by atoms with Crippen LogP contribution in [-0.4, -0.2) is 65.8 Å². The Bertz CT molecular complexity index is 337. The van der Waals surface area contributed by atoms with Crippen LogP contribution in [0.15, 0.2) is 0 Å². The van der Waals surface area contributed by atoms with E-state index in [4.69, 9.17) is 9.84 Å². The number of carbonyl (C=O) groups is 2. The minimum absolute atomic E-state index is 0.0834. The number of rotatable bonds is 1. The summed E-state index contributed by atoms with van der Waals surface area (Å²) >= 11 is 0. The van der Waals surface area contributed by atoms with E-state index in [1.165, 1.54) is 4.90 Å². The van der Waals surface area contributed by atoms with Gasteiger partial charge >= 0.3 is 12.0 Å². The Kier molecular flexibility index (Phi) is 3.75. The van der Waals surface area contributed by atoms with Crippen molar-refractivity contribution in [1.82, 2.24) is 9.80 Å². The predicted molar refractivity (Wildman–Crippen MR) is 64.2 cm³/mol. The van der Waals surface area contributed by atoms with Crippen LogP contribution < -0.4 is 0 Å². The van der Waals surface area contributed by atoms with Gasteiger partial charge in [-0.15, -0.1) is 0 Å². The van der Waals surface area contributed by atoms with Crippen LogP contribution in [0.4, 0.5) is 4.79 Å². The number of carbonyl (C=O) groups excluding carboxylic acids is 1. The van der Waals surface area contributed by atoms with Gasteiger partial charge in [0.2, 0.25) is 0 Å². The number of ether oxygens (including phenoxy) is 1. The van der Waals surface area contributed by atoms with Crippen molar-refractivity contribution in [3.63, 3.8) is 0 Å². The molecule has 0 saturated carbocycles. The maximum atomic E-state index is 12.3. The first-order chi connectivity index (χ1) is 8.50. The van der Waals surface area contributed by atoms with Gasteiger partial charge in [0.15, 0.2) is 6.04 Å². The SMILES string of the molecule is CC1CN(C(=O)N2CCOCC2C(=O)O)CC1C. The van der Waals surface area contributed by atoms with Crippen LogP contribution in [0.5, 0.6) is 0 Å². The second-order valence-electron chi connectivity index (χ2n) is 5.26. The first kappa shape index (κ1) is 13.1. The Morgan fingerprint density at radius 3 is 2.39 bits per heavy atom. The molecule has 2 amide bonds. The molecule has 2 aliphatic heterocycles. The largest absolute Gasteiger partial charge is 0.480 e. The van der Waals surface area contributed by atoms with Crippen molar-refractivity contribution in [2.24, 2.45) is 11.8 Å². The van der Waals surface area contributed by atoms with E-state index in [1.807, 2.05) is 0 Å². The lowest BCUT2D eigenvalue weighted by Crippen LogP contribution is -2.56. The molecule has 0 bridgehead atoms. The maximum Gasteiger partial charge on any atom is 0.328 e. The molecular weight excluding hydrogens is 236 g/mol. The van der Waals surface area contributed by atoms with Gasteiger partial charge in [-0.2, -0.15) is 0 Å². The van der Waals surface area contributed by atoms with Crippen LogP contribution in [0.1, 0.15) is 13.8 Å². The van der Waals surface area contributed by atoms with Crippen molar-refractivity contribution < 1.29 is 19.4 Å². The first-order valence-corrected chi connectivity index (χ1v) is 6.36. The Hall–Kier alpha value is -1.30. The molecule has 0 spiro atoms. The third-order valence-electron chi connectivity index (χ3n) is 3.92. The highest BCUT2D eigenvalue weighted by atomic mass is 16.5. The minimum atomic E-state index is -0.997. The number of carboxylic acid groups (broad SMARTS) is 1. The number of amides is 2. The van der Waals surface area contributed by atoms with E-state index in [-0.39, 0.29) is 12.6 Å². The van der Waals surface area contributed by atoms with Gasteiger partial charge in [0.25, 0.3) is 0 Å². The van der Waals surface area contributed by atoms with Gasteiger partial charge in [-0.1, -0.05) is 13.8 Å². The molecule has 2 aliphatic rings. The molecule has 0 aliphatic carbocycles. The van der Waals surface area contributed by atoms with Gasteiger partial charge in [-0.3, -0.25) is 0 Å². The Labute approximate surface area is 106 Å². The predicted octanol–water partition coefficient (Wildman–Crippen LogP) is 0.480. The van der Waals surface area contributed by atoms with Crippen molar-refractivity contribution >= 4 is 12.0 Å². The van der Waals surface area contributed by atoms with Crippen molar-refractivity contribution in [3.8, 4) is 0 Å². The van der Waals surface area contributed by atoms with E-state index in [2.05, 4.69) is 13.8 Å². The van der Waals surface area contributed by atoms with Gasteiger partial charge in [-0.05, 0) is 11.8 Å². The molecule has 3 unspecified atom stereocenters. The highest BCUT2D eigenvalue weighted by Crippen LogP contribution is 2.24. The number of hydrogen-bond acceptors (Lipinski definition) is 3. The van der Waals surface area contributed by atoms with E-state index >= 15 is 0 Å². The van der Waals surface area contributed by atoms with E-state index in [9.17, 15) is 9.59 Å². The van der Waals surface area contributed by atoms with Crippen LogP contribution >= 0.6 is 0 Å². The number of nitrogens with zero attached hydrogens (tertiary/aromatic N) is 2. The molecule has 0 radical (unpaired) electrons. The highest BCUT2D eigenvalue weighted by Gasteiger charge is 2.38. The lowest BCUT2D eigenvalue weighted by Gasteiger charge is -2.35. The number of morpholine rings is 1. The molecule has 1 N–H and O–H groups in total. The summed E-state index contributed by atoms with van der Waals surface area (Å²) in [5, 5.41) is 9.11. The molecule has 6 heteroatoms. The van der Waals surface area contributed by atoms with Gasteiger partial charge in [0, 0.05) is 19.6 Å². The highest BCUT2D eigenvalue weighted by molar-refractivity contribution is 5.83. The summed E-state index contributed by atoms with van der Waals surface area (Å²) in [4.78, 5) is 26.6. The van der Waals surface area contributed by atoms with Crippen LogP contribution in [0, 0.1) is 11.8 Å².